The van der Waals surface area contributed by atoms with Crippen LogP contribution in [0.4, 0.5) is 32.6 Å². The Labute approximate surface area is 507 Å². The maximum atomic E-state index is 13.2. The lowest BCUT2D eigenvalue weighted by molar-refractivity contribution is 0.0322. The predicted molar refractivity (Wildman–Crippen MR) is 340 cm³/mol. The number of rotatable bonds is 14. The number of aryl methyl sites for hydroxylation is 2. The molecule has 5 N–H and O–H groups in total. The summed E-state index contributed by atoms with van der Waals surface area (Å²) in [4.78, 5) is 30.0. The van der Waals surface area contributed by atoms with Gasteiger partial charge in [-0.2, -0.15) is 10.2 Å². The number of urea groups is 1. The van der Waals surface area contributed by atoms with E-state index in [2.05, 4.69) is 57.7 Å². The number of hydrogen-bond acceptors (Lipinski definition) is 12. The van der Waals surface area contributed by atoms with Gasteiger partial charge in [0.1, 0.15) is 43.0 Å². The number of benzene rings is 6. The zero-order valence-electron chi connectivity index (χ0n) is 49.1. The first-order valence-corrected chi connectivity index (χ1v) is 29.3. The number of carbonyl (C=O) groups is 2. The van der Waals surface area contributed by atoms with Crippen LogP contribution in [0.2, 0.25) is 0 Å². The summed E-state index contributed by atoms with van der Waals surface area (Å²) in [7, 11) is 0. The van der Waals surface area contributed by atoms with Gasteiger partial charge in [0.2, 0.25) is 3.79 Å². The van der Waals surface area contributed by atoms with Crippen molar-refractivity contribution >= 4 is 91.5 Å². The lowest BCUT2D eigenvalue weighted by atomic mass is 9.92. The molecule has 0 radical (unpaired) electrons. The molecule has 84 heavy (non-hydrogen) atoms. The van der Waals surface area contributed by atoms with Crippen LogP contribution in [-0.2, 0) is 25.0 Å². The number of fused-ring (bicyclic) bond motifs is 2. The SMILES string of the molecule is Cc1ccc(-n2nc(C(C)(C)C)cc2NC(=O)Nc2ccc(OCCN3CCOCC3)c3ccccc23)cc1.Cc1ccc(-n2nc(C(C)(C)C)cc2NC(=O)OCC(Cl)(Cl)Cl)cc1.Nc1ccc(OCCN2CCOCC2)c2ccccc12. The fourth-order valence-electron chi connectivity index (χ4n) is 9.14. The minimum Gasteiger partial charge on any atom is -0.492 e. The molecule has 446 valence electrons. The smallest absolute Gasteiger partial charge is 0.412 e. The van der Waals surface area contributed by atoms with Crippen molar-refractivity contribution in [1.82, 2.24) is 29.4 Å². The van der Waals surface area contributed by atoms with Gasteiger partial charge in [-0.05, 0) is 62.4 Å². The van der Waals surface area contributed by atoms with E-state index < -0.39 is 9.89 Å². The number of hydrogen-bond donors (Lipinski definition) is 4. The first-order chi connectivity index (χ1) is 40.1. The molecule has 0 atom stereocenters. The summed E-state index contributed by atoms with van der Waals surface area (Å²) in [5.41, 5.74) is 12.8. The largest absolute Gasteiger partial charge is 0.492 e. The second-order valence-electron chi connectivity index (χ2n) is 22.7. The molecular formula is C64H77Cl3N10O7. The first kappa shape index (κ1) is 62.9. The van der Waals surface area contributed by atoms with E-state index in [1.54, 1.807) is 15.4 Å². The van der Waals surface area contributed by atoms with Crippen molar-refractivity contribution < 1.29 is 33.3 Å². The lowest BCUT2D eigenvalue weighted by Crippen LogP contribution is -2.38. The quantitative estimate of drug-likeness (QED) is 0.0598. The van der Waals surface area contributed by atoms with Crippen LogP contribution < -0.4 is 31.2 Å². The van der Waals surface area contributed by atoms with Gasteiger partial charge in [-0.25, -0.2) is 19.0 Å². The molecule has 2 aromatic heterocycles. The predicted octanol–water partition coefficient (Wildman–Crippen LogP) is 13.5. The van der Waals surface area contributed by atoms with Crippen molar-refractivity contribution in [2.45, 2.75) is 70.0 Å². The third kappa shape index (κ3) is 18.0. The van der Waals surface area contributed by atoms with Gasteiger partial charge < -0.3 is 34.7 Å². The van der Waals surface area contributed by atoms with E-state index in [0.29, 0.717) is 30.5 Å². The second-order valence-corrected chi connectivity index (χ2v) is 25.2. The molecule has 2 aliphatic heterocycles. The number of ether oxygens (including phenoxy) is 5. The molecule has 20 heteroatoms. The second kappa shape index (κ2) is 28.7. The Bertz CT molecular complexity index is 3450. The normalized spacial score (nSPS) is 14.2. The van der Waals surface area contributed by atoms with Gasteiger partial charge in [0.25, 0.3) is 0 Å². The highest BCUT2D eigenvalue weighted by Gasteiger charge is 2.26. The van der Waals surface area contributed by atoms with Gasteiger partial charge in [-0.3, -0.25) is 20.4 Å². The number of morpholine rings is 2. The average Bonchev–Trinajstić information content (AvgIpc) is 4.05. The van der Waals surface area contributed by atoms with Crippen LogP contribution in [0, 0.1) is 13.8 Å². The summed E-state index contributed by atoms with van der Waals surface area (Å²) >= 11 is 16.8. The Morgan fingerprint density at radius 2 is 0.988 bits per heavy atom. The molecule has 0 saturated carbocycles. The van der Waals surface area contributed by atoms with Crippen molar-refractivity contribution in [2.75, 3.05) is 107 Å². The molecule has 10 rings (SSSR count). The number of anilines is 4. The minimum absolute atomic E-state index is 0.170. The minimum atomic E-state index is -1.66. The molecule has 0 aliphatic carbocycles. The molecule has 0 unspecified atom stereocenters. The summed E-state index contributed by atoms with van der Waals surface area (Å²) < 4.78 is 29.6. The van der Waals surface area contributed by atoms with E-state index in [1.807, 2.05) is 156 Å². The molecule has 2 aliphatic rings. The number of alkyl halides is 3. The monoisotopic (exact) mass is 1200 g/mol. The molecule has 8 aromatic rings. The van der Waals surface area contributed by atoms with Gasteiger partial charge >= 0.3 is 12.1 Å². The van der Waals surface area contributed by atoms with Gasteiger partial charge in [-0.15, -0.1) is 0 Å². The van der Waals surface area contributed by atoms with Gasteiger partial charge in [0.05, 0.1) is 54.9 Å². The summed E-state index contributed by atoms with van der Waals surface area (Å²) in [5.74, 6) is 2.79. The molecule has 3 amide bonds. The number of carbonyl (C=O) groups excluding carboxylic acids is 2. The third-order valence-electron chi connectivity index (χ3n) is 13.9. The zero-order chi connectivity index (χ0) is 60.0. The first-order valence-electron chi connectivity index (χ1n) is 28.2. The summed E-state index contributed by atoms with van der Waals surface area (Å²) in [6.07, 6.45) is -0.722. The average molecular weight is 1200 g/mol. The van der Waals surface area contributed by atoms with Gasteiger partial charge in [0, 0.05) is 89.5 Å². The van der Waals surface area contributed by atoms with Crippen LogP contribution in [0.1, 0.15) is 64.1 Å². The highest BCUT2D eigenvalue weighted by atomic mass is 35.6. The number of halogens is 3. The van der Waals surface area contributed by atoms with Crippen LogP contribution in [0.5, 0.6) is 11.5 Å². The molecule has 2 fully saturated rings. The van der Waals surface area contributed by atoms with Gasteiger partial charge in [0.15, 0.2) is 0 Å². The number of nitrogens with two attached hydrogens (primary N) is 1. The Morgan fingerprint density at radius 1 is 0.560 bits per heavy atom. The number of amides is 3. The molecule has 2 saturated heterocycles. The fourth-order valence-corrected chi connectivity index (χ4v) is 9.31. The van der Waals surface area contributed by atoms with E-state index in [0.717, 1.165) is 138 Å². The van der Waals surface area contributed by atoms with Crippen molar-refractivity contribution in [1.29, 1.82) is 0 Å². The van der Waals surface area contributed by atoms with Crippen molar-refractivity contribution in [3.63, 3.8) is 0 Å². The Morgan fingerprint density at radius 3 is 1.45 bits per heavy atom. The van der Waals surface area contributed by atoms with E-state index in [-0.39, 0.29) is 23.5 Å². The third-order valence-corrected chi connectivity index (χ3v) is 14.3. The number of nitrogens with zero attached hydrogens (tertiary/aromatic N) is 6. The molecule has 0 bridgehead atoms. The topological polar surface area (TPSA) is 185 Å². The highest BCUT2D eigenvalue weighted by molar-refractivity contribution is 6.67. The Hall–Kier alpha value is -7.09. The van der Waals surface area contributed by atoms with Gasteiger partial charge in [-0.1, -0.05) is 160 Å². The number of nitrogens with one attached hydrogen (secondary N) is 3. The van der Waals surface area contributed by atoms with Crippen molar-refractivity contribution in [3.05, 3.63) is 156 Å². The van der Waals surface area contributed by atoms with Crippen LogP contribution >= 0.6 is 34.8 Å². The van der Waals surface area contributed by atoms with Crippen LogP contribution in [-0.4, -0.2) is 131 Å². The van der Waals surface area contributed by atoms with Crippen LogP contribution in [0.25, 0.3) is 32.9 Å². The maximum absolute atomic E-state index is 13.2. The van der Waals surface area contributed by atoms with E-state index in [9.17, 15) is 9.59 Å². The van der Waals surface area contributed by atoms with E-state index in [1.165, 1.54) is 0 Å². The summed E-state index contributed by atoms with van der Waals surface area (Å²) in [6, 6.07) is 43.0. The van der Waals surface area contributed by atoms with E-state index in [4.69, 9.17) is 69.3 Å². The molecule has 4 heterocycles. The lowest BCUT2D eigenvalue weighted by Gasteiger charge is -2.26. The summed E-state index contributed by atoms with van der Waals surface area (Å²) in [5, 5.41) is 22.1. The molecule has 17 nitrogen and oxygen atoms in total. The van der Waals surface area contributed by atoms with Crippen molar-refractivity contribution in [3.8, 4) is 22.9 Å². The molecule has 6 aromatic carbocycles. The number of nitrogen functional groups attached to an aromatic ring is 1. The van der Waals surface area contributed by atoms with E-state index >= 15 is 0 Å². The number of aromatic nitrogens is 4. The molecule has 0 spiro atoms. The fraction of sp³-hybridized carbons (Fsp3) is 0.375. The van der Waals surface area contributed by atoms with Crippen LogP contribution in [0.3, 0.4) is 0 Å². The zero-order valence-corrected chi connectivity index (χ0v) is 51.4. The maximum Gasteiger partial charge on any atom is 0.412 e. The van der Waals surface area contributed by atoms with Crippen LogP contribution in [0.15, 0.2) is 133 Å². The standard InChI is InChI=1S/C31H37N5O3.C17H20Cl3N3O2.C16H20N2O2/c1-22-9-11-23(12-10-22)36-29(21-28(34-36)31(2,3)4)33-30(37)32-26-13-14-27(25-8-6-5-7-24(25)26)39-20-17-35-15-18-38-19-16-35;1-11-5-7-12(8-6-11)23-14(9-13(22-23)16(2,3)4)21-15(24)25-10-17(18,19)20;17-15-5-6-16(14-4-2-1-3-13(14)15)20-12-9-18-7-10-19-11-8-18/h5-14,21H,15-20H2,1-4H3,(H2,32,33,37);5-9H,10H2,1-4H3,(H,21,24);1-6H,7-12,17H2. The Kier molecular flexibility index (Phi) is 21.5. The van der Waals surface area contributed by atoms with Crippen molar-refractivity contribution in [2.24, 2.45) is 0 Å². The molecular weight excluding hydrogens is 1130 g/mol. The highest BCUT2D eigenvalue weighted by Crippen LogP contribution is 2.34. The summed E-state index contributed by atoms with van der Waals surface area (Å²) in [6.45, 7) is 26.2. The Balaban J connectivity index is 0.000000176.